The summed E-state index contributed by atoms with van der Waals surface area (Å²) in [5.74, 6) is -2.80. The molecule has 2 aliphatic rings. The van der Waals surface area contributed by atoms with Crippen LogP contribution in [-0.2, 0) is 72.5 Å². The highest BCUT2D eigenvalue weighted by Gasteiger charge is 2.37. The van der Waals surface area contributed by atoms with Crippen LogP contribution in [0.4, 0.5) is 10.5 Å². The van der Waals surface area contributed by atoms with Crippen molar-refractivity contribution in [2.24, 2.45) is 11.5 Å². The Morgan fingerprint density at radius 1 is 1.00 bits per heavy atom. The van der Waals surface area contributed by atoms with Crippen LogP contribution < -0.4 is 22.1 Å². The summed E-state index contributed by atoms with van der Waals surface area (Å²) in [5.41, 5.74) is 14.7. The Labute approximate surface area is 407 Å². The zero-order valence-electron chi connectivity index (χ0n) is 42.0. The van der Waals surface area contributed by atoms with Crippen molar-refractivity contribution >= 4 is 68.4 Å². The van der Waals surface area contributed by atoms with Crippen LogP contribution in [-0.4, -0.2) is 124 Å². The lowest BCUT2D eigenvalue weighted by atomic mass is 9.96. The number of carbonyl (C=O) groups is 6. The molecule has 3 amide bonds. The molecule has 0 radical (unpaired) electrons. The number of nitrogens with zero attached hydrogens (tertiary/aromatic N) is 3. The molecule has 382 valence electrons. The van der Waals surface area contributed by atoms with Gasteiger partial charge in [0.15, 0.2) is 0 Å². The molecule has 0 bridgehead atoms. The van der Waals surface area contributed by atoms with Gasteiger partial charge in [0, 0.05) is 54.0 Å². The number of pyridine rings is 1. The van der Waals surface area contributed by atoms with Gasteiger partial charge in [0.2, 0.25) is 33.8 Å². The van der Waals surface area contributed by atoms with E-state index in [-0.39, 0.29) is 43.5 Å². The van der Waals surface area contributed by atoms with E-state index in [9.17, 15) is 37.2 Å². The number of ether oxygens (including phenoxy) is 4. The number of rotatable bonds is 19. The number of hydrogen-bond acceptors (Lipinski definition) is 15. The van der Waals surface area contributed by atoms with Gasteiger partial charge in [-0.15, -0.1) is 0 Å². The summed E-state index contributed by atoms with van der Waals surface area (Å²) in [7, 11) is -1.67. The smallest absolute Gasteiger partial charge is 0.458 e. The first kappa shape index (κ1) is 60.8. The van der Waals surface area contributed by atoms with E-state index >= 15 is 0 Å². The Balaban J connectivity index is 0.00000198. The molecule has 2 aromatic carbocycles. The average molecular weight is 984 g/mol. The lowest BCUT2D eigenvalue weighted by Crippen LogP contribution is -2.37. The number of primary amides is 1. The number of unbranched alkanes of at least 4 members (excludes halogenated alkanes) is 1. The molecule has 0 fully saturated rings. The minimum absolute atomic E-state index is 0.0714. The van der Waals surface area contributed by atoms with Crippen LogP contribution in [0.5, 0.6) is 0 Å². The largest absolute Gasteiger partial charge is 0.509 e. The van der Waals surface area contributed by atoms with Gasteiger partial charge in [0.25, 0.3) is 0 Å². The zero-order valence-corrected chi connectivity index (χ0v) is 42.8. The predicted molar refractivity (Wildman–Crippen MR) is 267 cm³/mol. The molecular weight excluding hydrogens is 911 g/mol. The van der Waals surface area contributed by atoms with Crippen molar-refractivity contribution < 1.29 is 56.1 Å². The Morgan fingerprint density at radius 2 is 1.65 bits per heavy atom. The van der Waals surface area contributed by atoms with Crippen molar-refractivity contribution in [3.8, 4) is 0 Å². The summed E-state index contributed by atoms with van der Waals surface area (Å²) >= 11 is 0. The quantitative estimate of drug-likeness (QED) is 0.0867. The van der Waals surface area contributed by atoms with E-state index in [0.29, 0.717) is 47.4 Å². The molecule has 5 rings (SSSR count). The second kappa shape index (κ2) is 31.8. The molecular formula is C49H73N7O12S. The Hall–Kier alpha value is -6.22. The maximum atomic E-state index is 13.1. The van der Waals surface area contributed by atoms with E-state index < -0.39 is 59.2 Å². The number of sulfonamides is 1. The SMILES string of the molecule is CC.CC.CC.CC(C)N(CCc1c2c(nc3ccccc13)/C(=C/C1=C(C=O)COC(=O)C1OC(=O)OCc1ccc(NC(=O)CNC(=O)COCC(N)=O)cc1)N(C)C2)S(C)(=O)=O.CCCCN. The van der Waals surface area contributed by atoms with Crippen molar-refractivity contribution in [1.29, 1.82) is 0 Å². The third kappa shape index (κ3) is 19.4. The van der Waals surface area contributed by atoms with Crippen LogP contribution in [0.2, 0.25) is 0 Å². The highest BCUT2D eigenvalue weighted by molar-refractivity contribution is 7.88. The standard InChI is InChI=1S/C39H44N6O12S.C4H11N.3C2H6/c1-23(2)45(58(4,52)53)14-13-27-28-7-5-6-8-31(28)43-36-30(27)17-44(3)32(36)15-29-25(18-46)20-55-38(50)37(29)57-39(51)56-19-24-9-11-26(12-10-24)42-34(48)16-41-35(49)22-54-21-33(40)47;1-2-3-4-5;3*1-2/h5-12,15,18,23,37H,13-14,16-17,19-22H2,1-4H3,(H2,40,47)(H,41,49)(H,42,48);2-5H2,1H3;3*1-2H3/b32-15-;;;;. The van der Waals surface area contributed by atoms with Crippen molar-refractivity contribution in [2.75, 3.05) is 58.1 Å². The number of amides is 3. The molecule has 20 heteroatoms. The van der Waals surface area contributed by atoms with E-state index in [1.165, 1.54) is 35.5 Å². The molecule has 3 aromatic rings. The maximum Gasteiger partial charge on any atom is 0.509 e. The van der Waals surface area contributed by atoms with E-state index in [1.807, 2.05) is 91.6 Å². The van der Waals surface area contributed by atoms with Crippen LogP contribution >= 0.6 is 0 Å². The van der Waals surface area contributed by atoms with Crippen molar-refractivity contribution in [1.82, 2.24) is 19.5 Å². The molecule has 6 N–H and O–H groups in total. The number of esters is 1. The second-order valence-corrected chi connectivity index (χ2v) is 16.8. The number of nitrogens with two attached hydrogens (primary N) is 2. The lowest BCUT2D eigenvalue weighted by molar-refractivity contribution is -0.153. The number of carbonyl (C=O) groups excluding carboxylic acids is 6. The monoisotopic (exact) mass is 984 g/mol. The minimum atomic E-state index is -3.48. The molecule has 0 saturated heterocycles. The summed E-state index contributed by atoms with van der Waals surface area (Å²) in [6.07, 6.45) is 3.21. The number of fused-ring (bicyclic) bond motifs is 2. The first-order valence-electron chi connectivity index (χ1n) is 23.2. The highest BCUT2D eigenvalue weighted by Crippen LogP contribution is 2.38. The molecule has 3 heterocycles. The molecule has 1 atom stereocenters. The van der Waals surface area contributed by atoms with Crippen molar-refractivity contribution in [3.05, 3.63) is 88.1 Å². The van der Waals surface area contributed by atoms with Gasteiger partial charge in [0.1, 0.15) is 32.7 Å². The molecule has 2 aliphatic heterocycles. The van der Waals surface area contributed by atoms with Crippen LogP contribution in [0.25, 0.3) is 16.6 Å². The molecule has 0 spiro atoms. The van der Waals surface area contributed by atoms with Crippen LogP contribution in [0.1, 0.15) is 97.5 Å². The fourth-order valence-electron chi connectivity index (χ4n) is 6.67. The molecule has 69 heavy (non-hydrogen) atoms. The predicted octanol–water partition coefficient (Wildman–Crippen LogP) is 5.39. The third-order valence-corrected chi connectivity index (χ3v) is 11.2. The van der Waals surface area contributed by atoms with E-state index in [1.54, 1.807) is 18.2 Å². The zero-order chi connectivity index (χ0) is 52.3. The molecule has 0 aliphatic carbocycles. The first-order chi connectivity index (χ1) is 33.0. The van der Waals surface area contributed by atoms with Gasteiger partial charge in [-0.3, -0.25) is 19.2 Å². The van der Waals surface area contributed by atoms with Crippen LogP contribution in [0, 0.1) is 0 Å². The van der Waals surface area contributed by atoms with Crippen molar-refractivity contribution in [2.45, 2.75) is 107 Å². The molecule has 1 aromatic heterocycles. The van der Waals surface area contributed by atoms with Gasteiger partial charge in [0.05, 0.1) is 29.7 Å². The van der Waals surface area contributed by atoms with Gasteiger partial charge in [-0.1, -0.05) is 85.2 Å². The Bertz CT molecular complexity index is 2330. The third-order valence-electron chi connectivity index (χ3n) is 9.71. The number of anilines is 1. The van der Waals surface area contributed by atoms with Gasteiger partial charge in [-0.2, -0.15) is 4.31 Å². The van der Waals surface area contributed by atoms with Gasteiger partial charge in [-0.25, -0.2) is 23.0 Å². The topological polar surface area (TPSA) is 269 Å². The molecule has 19 nitrogen and oxygen atoms in total. The summed E-state index contributed by atoms with van der Waals surface area (Å²) in [6.45, 7) is 17.4. The molecule has 1 unspecified atom stereocenters. The first-order valence-corrected chi connectivity index (χ1v) is 25.0. The number of cyclic esters (lactones) is 1. The molecule has 0 saturated carbocycles. The van der Waals surface area contributed by atoms with E-state index in [2.05, 4.69) is 17.6 Å². The Kier molecular flexibility index (Phi) is 28.0. The second-order valence-electron chi connectivity index (χ2n) is 14.9. The summed E-state index contributed by atoms with van der Waals surface area (Å²) in [5, 5.41) is 5.79. The van der Waals surface area contributed by atoms with Gasteiger partial charge < -0.3 is 45.9 Å². The number of aldehydes is 1. The van der Waals surface area contributed by atoms with E-state index in [4.69, 9.17) is 35.4 Å². The Morgan fingerprint density at radius 3 is 2.22 bits per heavy atom. The lowest BCUT2D eigenvalue weighted by Gasteiger charge is -2.25. The van der Waals surface area contributed by atoms with Gasteiger partial charge >= 0.3 is 12.1 Å². The summed E-state index contributed by atoms with van der Waals surface area (Å²) in [6, 6.07) is 13.5. The van der Waals surface area contributed by atoms with Crippen LogP contribution in [0.15, 0.2) is 65.8 Å². The van der Waals surface area contributed by atoms with Gasteiger partial charge in [-0.05, 0) is 68.6 Å². The number of benzene rings is 2. The maximum absolute atomic E-state index is 13.1. The fourth-order valence-corrected chi connectivity index (χ4v) is 7.86. The number of aromatic nitrogens is 1. The minimum Gasteiger partial charge on any atom is -0.458 e. The number of nitrogens with one attached hydrogen (secondary N) is 2. The number of para-hydroxylation sites is 1. The fraction of sp³-hybridized carbons (Fsp3) is 0.490. The van der Waals surface area contributed by atoms with Crippen LogP contribution in [0.3, 0.4) is 0 Å². The number of hydrogen-bond donors (Lipinski definition) is 4. The van der Waals surface area contributed by atoms with Crippen molar-refractivity contribution in [3.63, 3.8) is 0 Å². The normalized spacial score (nSPS) is 14.3. The summed E-state index contributed by atoms with van der Waals surface area (Å²) in [4.78, 5) is 79.7. The average Bonchev–Trinajstić information content (AvgIpc) is 3.64. The summed E-state index contributed by atoms with van der Waals surface area (Å²) < 4.78 is 47.3. The van der Waals surface area contributed by atoms with E-state index in [0.717, 1.165) is 23.1 Å². The highest BCUT2D eigenvalue weighted by atomic mass is 32.2.